The zero-order valence-corrected chi connectivity index (χ0v) is 15.4. The Morgan fingerprint density at radius 2 is 1.90 bits per heavy atom. The lowest BCUT2D eigenvalue weighted by Gasteiger charge is -2.26. The molecule has 0 amide bonds. The molecule has 0 atom stereocenters. The van der Waals surface area contributed by atoms with Crippen molar-refractivity contribution in [2.75, 3.05) is 45.9 Å². The first-order valence-electron chi connectivity index (χ1n) is 8.18. The Bertz CT molecular complexity index is 289. The molecule has 0 unspecified atom stereocenters. The predicted octanol–water partition coefficient (Wildman–Crippen LogP) is 1.81. The molecule has 0 aromatic heterocycles. The number of nitrogens with one attached hydrogen (secondary N) is 1. The second-order valence-corrected chi connectivity index (χ2v) is 5.96. The quantitative estimate of drug-likeness (QED) is 0.304. The van der Waals surface area contributed by atoms with Gasteiger partial charge in [0.2, 0.25) is 0 Å². The van der Waals surface area contributed by atoms with Gasteiger partial charge in [-0.1, -0.05) is 19.3 Å². The summed E-state index contributed by atoms with van der Waals surface area (Å²) in [5, 5.41) is 3.23. The predicted molar refractivity (Wildman–Crippen MR) is 98.4 cm³/mol. The lowest BCUT2D eigenvalue weighted by molar-refractivity contribution is 0.0376. The first kappa shape index (κ1) is 19.0. The van der Waals surface area contributed by atoms with E-state index in [0.29, 0.717) is 5.96 Å². The van der Waals surface area contributed by atoms with Crippen LogP contribution in [-0.4, -0.2) is 56.8 Å². The van der Waals surface area contributed by atoms with Crippen LogP contribution in [0.4, 0.5) is 0 Å². The molecule has 2 rings (SSSR count). The van der Waals surface area contributed by atoms with Crippen LogP contribution in [0.3, 0.4) is 0 Å². The van der Waals surface area contributed by atoms with E-state index in [9.17, 15) is 0 Å². The van der Waals surface area contributed by atoms with E-state index in [1.807, 2.05) is 0 Å². The second-order valence-electron chi connectivity index (χ2n) is 5.96. The number of hydrogen-bond acceptors (Lipinski definition) is 3. The number of halogens is 1. The molecule has 21 heavy (non-hydrogen) atoms. The van der Waals surface area contributed by atoms with Crippen LogP contribution < -0.4 is 11.1 Å². The lowest BCUT2D eigenvalue weighted by Crippen LogP contribution is -2.39. The highest BCUT2D eigenvalue weighted by atomic mass is 127. The van der Waals surface area contributed by atoms with E-state index in [1.54, 1.807) is 0 Å². The number of ether oxygens (including phenoxy) is 1. The van der Waals surface area contributed by atoms with Gasteiger partial charge in [-0.15, -0.1) is 24.0 Å². The van der Waals surface area contributed by atoms with Gasteiger partial charge in [-0.2, -0.15) is 0 Å². The molecule has 124 valence electrons. The van der Waals surface area contributed by atoms with Crippen molar-refractivity contribution in [3.8, 4) is 0 Å². The molecule has 0 radical (unpaired) electrons. The standard InChI is InChI=1S/C15H30N4O.HI/c16-15(18-13-14-5-2-1-3-6-14)17-7-4-8-19-9-11-20-12-10-19;/h14H,1-13H2,(H3,16,17,18);1H. The molecule has 1 aliphatic carbocycles. The molecule has 0 aromatic rings. The van der Waals surface area contributed by atoms with Crippen molar-refractivity contribution in [2.24, 2.45) is 16.6 Å². The number of morpholine rings is 1. The van der Waals surface area contributed by atoms with E-state index >= 15 is 0 Å². The van der Waals surface area contributed by atoms with Gasteiger partial charge in [0.1, 0.15) is 0 Å². The minimum atomic E-state index is 0. The molecule has 2 fully saturated rings. The van der Waals surface area contributed by atoms with Gasteiger partial charge < -0.3 is 15.8 Å². The Morgan fingerprint density at radius 1 is 1.19 bits per heavy atom. The molecule has 0 spiro atoms. The van der Waals surface area contributed by atoms with Crippen molar-refractivity contribution in [2.45, 2.75) is 38.5 Å². The van der Waals surface area contributed by atoms with Crippen molar-refractivity contribution < 1.29 is 4.74 Å². The number of guanidine groups is 1. The highest BCUT2D eigenvalue weighted by Crippen LogP contribution is 2.23. The Hall–Kier alpha value is -0.0800. The zero-order chi connectivity index (χ0) is 14.0. The van der Waals surface area contributed by atoms with Crippen LogP contribution in [0.25, 0.3) is 0 Å². The minimum absolute atomic E-state index is 0. The smallest absolute Gasteiger partial charge is 0.188 e. The summed E-state index contributed by atoms with van der Waals surface area (Å²) in [5.41, 5.74) is 5.92. The molecule has 0 aromatic carbocycles. The van der Waals surface area contributed by atoms with Crippen molar-refractivity contribution in [3.05, 3.63) is 0 Å². The van der Waals surface area contributed by atoms with E-state index < -0.39 is 0 Å². The normalized spacial score (nSPS) is 21.8. The maximum Gasteiger partial charge on any atom is 0.188 e. The molecular formula is C15H31IN4O. The van der Waals surface area contributed by atoms with Gasteiger partial charge in [0, 0.05) is 26.2 Å². The van der Waals surface area contributed by atoms with Crippen molar-refractivity contribution in [1.29, 1.82) is 0 Å². The molecule has 1 heterocycles. The van der Waals surface area contributed by atoms with Gasteiger partial charge >= 0.3 is 0 Å². The molecule has 3 N–H and O–H groups in total. The van der Waals surface area contributed by atoms with Gasteiger partial charge in [-0.3, -0.25) is 9.89 Å². The maximum absolute atomic E-state index is 5.92. The summed E-state index contributed by atoms with van der Waals surface area (Å²) in [6, 6.07) is 0. The minimum Gasteiger partial charge on any atom is -0.379 e. The Kier molecular flexibility index (Phi) is 10.4. The topological polar surface area (TPSA) is 62.9 Å². The second kappa shape index (κ2) is 11.5. The summed E-state index contributed by atoms with van der Waals surface area (Å²) in [6.07, 6.45) is 7.90. The fourth-order valence-corrected chi connectivity index (χ4v) is 3.00. The number of rotatable bonds is 6. The monoisotopic (exact) mass is 410 g/mol. The Balaban J connectivity index is 0.00000220. The van der Waals surface area contributed by atoms with Crippen LogP contribution in [0.2, 0.25) is 0 Å². The van der Waals surface area contributed by atoms with Crippen LogP contribution in [-0.2, 0) is 4.74 Å². The molecule has 1 aliphatic heterocycles. The van der Waals surface area contributed by atoms with E-state index in [0.717, 1.165) is 58.3 Å². The van der Waals surface area contributed by atoms with Gasteiger partial charge in [-0.05, 0) is 31.7 Å². The number of aliphatic imine (C=N–C) groups is 1. The fraction of sp³-hybridized carbons (Fsp3) is 0.933. The van der Waals surface area contributed by atoms with Crippen LogP contribution in [0.5, 0.6) is 0 Å². The molecule has 0 bridgehead atoms. The van der Waals surface area contributed by atoms with E-state index in [1.165, 1.54) is 32.1 Å². The summed E-state index contributed by atoms with van der Waals surface area (Å²) in [6.45, 7) is 6.80. The number of hydrogen-bond donors (Lipinski definition) is 2. The van der Waals surface area contributed by atoms with E-state index in [4.69, 9.17) is 10.5 Å². The average Bonchev–Trinajstić information content (AvgIpc) is 2.52. The van der Waals surface area contributed by atoms with Crippen molar-refractivity contribution in [1.82, 2.24) is 10.2 Å². The van der Waals surface area contributed by atoms with Crippen LogP contribution in [0, 0.1) is 5.92 Å². The summed E-state index contributed by atoms with van der Waals surface area (Å²) in [5.74, 6) is 1.38. The summed E-state index contributed by atoms with van der Waals surface area (Å²) >= 11 is 0. The van der Waals surface area contributed by atoms with Crippen LogP contribution in [0.15, 0.2) is 4.99 Å². The molecule has 2 aliphatic rings. The van der Waals surface area contributed by atoms with Gasteiger partial charge in [0.15, 0.2) is 5.96 Å². The highest BCUT2D eigenvalue weighted by Gasteiger charge is 2.12. The lowest BCUT2D eigenvalue weighted by atomic mass is 9.89. The molecule has 6 heteroatoms. The highest BCUT2D eigenvalue weighted by molar-refractivity contribution is 14.0. The van der Waals surface area contributed by atoms with E-state index in [2.05, 4.69) is 15.2 Å². The number of nitrogens with two attached hydrogens (primary N) is 1. The fourth-order valence-electron chi connectivity index (χ4n) is 3.00. The van der Waals surface area contributed by atoms with E-state index in [-0.39, 0.29) is 24.0 Å². The third kappa shape index (κ3) is 8.21. The molecule has 1 saturated carbocycles. The first-order chi connectivity index (χ1) is 9.84. The third-order valence-corrected chi connectivity index (χ3v) is 4.31. The van der Waals surface area contributed by atoms with Gasteiger partial charge in [0.05, 0.1) is 13.2 Å². The van der Waals surface area contributed by atoms with Gasteiger partial charge in [-0.25, -0.2) is 0 Å². The first-order valence-corrected chi connectivity index (χ1v) is 8.18. The third-order valence-electron chi connectivity index (χ3n) is 4.31. The Morgan fingerprint density at radius 3 is 2.62 bits per heavy atom. The summed E-state index contributed by atoms with van der Waals surface area (Å²) in [7, 11) is 0. The Labute approximate surface area is 146 Å². The maximum atomic E-state index is 5.92. The van der Waals surface area contributed by atoms with Crippen LogP contribution in [0.1, 0.15) is 38.5 Å². The molecular weight excluding hydrogens is 379 g/mol. The van der Waals surface area contributed by atoms with Crippen molar-refractivity contribution >= 4 is 29.9 Å². The van der Waals surface area contributed by atoms with Gasteiger partial charge in [0.25, 0.3) is 0 Å². The SMILES string of the molecule is I.NC(=NCC1CCCCC1)NCCCN1CCOCC1. The average molecular weight is 410 g/mol. The summed E-state index contributed by atoms with van der Waals surface area (Å²) < 4.78 is 5.34. The summed E-state index contributed by atoms with van der Waals surface area (Å²) in [4.78, 5) is 6.93. The zero-order valence-electron chi connectivity index (χ0n) is 13.1. The molecule has 1 saturated heterocycles. The largest absolute Gasteiger partial charge is 0.379 e. The van der Waals surface area contributed by atoms with Crippen molar-refractivity contribution in [3.63, 3.8) is 0 Å². The van der Waals surface area contributed by atoms with Crippen LogP contribution >= 0.6 is 24.0 Å². The number of nitrogens with zero attached hydrogens (tertiary/aromatic N) is 2. The molecule has 5 nitrogen and oxygen atoms in total.